The highest BCUT2D eigenvalue weighted by Gasteiger charge is 2.30. The van der Waals surface area contributed by atoms with Gasteiger partial charge in [0.05, 0.1) is 11.6 Å². The lowest BCUT2D eigenvalue weighted by molar-refractivity contribution is -0.137. The number of hydrogen-bond acceptors (Lipinski definition) is 3. The predicted octanol–water partition coefficient (Wildman–Crippen LogP) is 4.00. The molecule has 0 aromatic heterocycles. The van der Waals surface area contributed by atoms with Crippen LogP contribution in [0.3, 0.4) is 0 Å². The van der Waals surface area contributed by atoms with E-state index in [2.05, 4.69) is 5.43 Å². The maximum Gasteiger partial charge on any atom is 0.416 e. The van der Waals surface area contributed by atoms with Crippen LogP contribution < -0.4 is 11.3 Å². The monoisotopic (exact) mass is 312 g/mol. The Morgan fingerprint density at radius 3 is 2.14 bits per heavy atom. The van der Waals surface area contributed by atoms with Crippen molar-refractivity contribution in [1.29, 1.82) is 0 Å². The summed E-state index contributed by atoms with van der Waals surface area (Å²) in [5, 5.41) is 0. The van der Waals surface area contributed by atoms with Gasteiger partial charge in [-0.15, -0.1) is 11.8 Å². The molecule has 1 unspecified atom stereocenters. The van der Waals surface area contributed by atoms with Crippen molar-refractivity contribution < 1.29 is 13.2 Å². The van der Waals surface area contributed by atoms with Gasteiger partial charge >= 0.3 is 6.18 Å². The van der Waals surface area contributed by atoms with Crippen molar-refractivity contribution in [1.82, 2.24) is 5.43 Å². The zero-order chi connectivity index (χ0) is 15.3. The first-order valence-electron chi connectivity index (χ1n) is 6.32. The maximum atomic E-state index is 12.5. The highest BCUT2D eigenvalue weighted by molar-refractivity contribution is 7.99. The van der Waals surface area contributed by atoms with E-state index in [1.807, 2.05) is 30.3 Å². The number of thioether (sulfide) groups is 1. The molecule has 0 bridgehead atoms. The summed E-state index contributed by atoms with van der Waals surface area (Å²) in [6.45, 7) is 0. The second kappa shape index (κ2) is 6.98. The lowest BCUT2D eigenvalue weighted by Gasteiger charge is -2.17. The number of benzene rings is 2. The topological polar surface area (TPSA) is 38.0 Å². The van der Waals surface area contributed by atoms with Crippen LogP contribution in [0.4, 0.5) is 13.2 Å². The molecule has 6 heteroatoms. The van der Waals surface area contributed by atoms with E-state index < -0.39 is 11.7 Å². The van der Waals surface area contributed by atoms with Crippen LogP contribution in [0.2, 0.25) is 0 Å². The summed E-state index contributed by atoms with van der Waals surface area (Å²) in [5.74, 6) is 6.14. The number of hydrazine groups is 1. The molecule has 0 saturated heterocycles. The van der Waals surface area contributed by atoms with Crippen LogP contribution in [0, 0.1) is 0 Å². The molecule has 3 N–H and O–H groups in total. The molecule has 0 radical (unpaired) electrons. The minimum Gasteiger partial charge on any atom is -0.271 e. The normalized spacial score (nSPS) is 13.1. The molecule has 0 aliphatic rings. The number of halogens is 3. The van der Waals surface area contributed by atoms with Crippen LogP contribution in [0.25, 0.3) is 0 Å². The standard InChI is InChI=1S/C15H15F3N2S/c16-15(17,18)12-8-6-11(7-9-12)14(20-19)10-21-13-4-2-1-3-5-13/h1-9,14,20H,10,19H2. The zero-order valence-electron chi connectivity index (χ0n) is 11.1. The third-order valence-corrected chi connectivity index (χ3v) is 4.11. The Kier molecular flexibility index (Phi) is 5.27. The smallest absolute Gasteiger partial charge is 0.271 e. The summed E-state index contributed by atoms with van der Waals surface area (Å²) in [7, 11) is 0. The fourth-order valence-electron chi connectivity index (χ4n) is 1.84. The Balaban J connectivity index is 2.04. The van der Waals surface area contributed by atoms with E-state index in [9.17, 15) is 13.2 Å². The summed E-state index contributed by atoms with van der Waals surface area (Å²) in [4.78, 5) is 1.09. The van der Waals surface area contributed by atoms with Gasteiger partial charge in [0.25, 0.3) is 0 Å². The Hall–Kier alpha value is -1.50. The van der Waals surface area contributed by atoms with E-state index in [0.717, 1.165) is 22.6 Å². The van der Waals surface area contributed by atoms with Gasteiger partial charge < -0.3 is 0 Å². The number of hydrogen-bond donors (Lipinski definition) is 2. The van der Waals surface area contributed by atoms with Crippen molar-refractivity contribution in [2.75, 3.05) is 5.75 Å². The molecule has 0 spiro atoms. The number of alkyl halides is 3. The number of nitrogens with one attached hydrogen (secondary N) is 1. The van der Waals surface area contributed by atoms with Crippen LogP contribution in [0.1, 0.15) is 17.2 Å². The average Bonchev–Trinajstić information content (AvgIpc) is 2.48. The minimum atomic E-state index is -4.32. The Morgan fingerprint density at radius 2 is 1.62 bits per heavy atom. The van der Waals surface area contributed by atoms with Gasteiger partial charge in [0.15, 0.2) is 0 Å². The minimum absolute atomic E-state index is 0.211. The van der Waals surface area contributed by atoms with E-state index in [0.29, 0.717) is 5.75 Å². The van der Waals surface area contributed by atoms with Crippen LogP contribution >= 0.6 is 11.8 Å². The average molecular weight is 312 g/mol. The molecule has 21 heavy (non-hydrogen) atoms. The Labute approximate surface area is 125 Å². The number of nitrogens with two attached hydrogens (primary N) is 1. The largest absolute Gasteiger partial charge is 0.416 e. The van der Waals surface area contributed by atoms with Gasteiger partial charge in [0.1, 0.15) is 0 Å². The van der Waals surface area contributed by atoms with Gasteiger partial charge in [0, 0.05) is 10.6 Å². The summed E-state index contributed by atoms with van der Waals surface area (Å²) in [6, 6.07) is 14.6. The lowest BCUT2D eigenvalue weighted by atomic mass is 10.1. The quantitative estimate of drug-likeness (QED) is 0.498. The van der Waals surface area contributed by atoms with Gasteiger partial charge in [-0.25, -0.2) is 0 Å². The summed E-state index contributed by atoms with van der Waals surface area (Å²) < 4.78 is 37.6. The summed E-state index contributed by atoms with van der Waals surface area (Å²) >= 11 is 1.59. The molecule has 0 fully saturated rings. The Bertz CT molecular complexity index is 555. The van der Waals surface area contributed by atoms with E-state index in [1.165, 1.54) is 12.1 Å². The molecular weight excluding hydrogens is 297 g/mol. The van der Waals surface area contributed by atoms with Gasteiger partial charge in [-0.2, -0.15) is 13.2 Å². The van der Waals surface area contributed by atoms with Crippen molar-refractivity contribution in [3.05, 3.63) is 65.7 Å². The molecule has 0 amide bonds. The van der Waals surface area contributed by atoms with E-state index >= 15 is 0 Å². The molecule has 1 atom stereocenters. The molecule has 0 heterocycles. The highest BCUT2D eigenvalue weighted by Crippen LogP contribution is 2.30. The molecule has 2 aromatic carbocycles. The van der Waals surface area contributed by atoms with Crippen LogP contribution in [0.15, 0.2) is 59.5 Å². The first kappa shape index (κ1) is 15.9. The zero-order valence-corrected chi connectivity index (χ0v) is 11.9. The summed E-state index contributed by atoms with van der Waals surface area (Å²) in [5.41, 5.74) is 2.72. The molecular formula is C15H15F3N2S. The van der Waals surface area contributed by atoms with Gasteiger partial charge in [-0.05, 0) is 29.8 Å². The maximum absolute atomic E-state index is 12.5. The predicted molar refractivity (Wildman–Crippen MR) is 78.7 cm³/mol. The second-order valence-electron chi connectivity index (χ2n) is 4.46. The second-order valence-corrected chi connectivity index (χ2v) is 5.56. The van der Waals surface area contributed by atoms with Crippen molar-refractivity contribution in [3.63, 3.8) is 0 Å². The van der Waals surface area contributed by atoms with Crippen molar-refractivity contribution >= 4 is 11.8 Å². The van der Waals surface area contributed by atoms with Gasteiger partial charge in [0.2, 0.25) is 0 Å². The van der Waals surface area contributed by atoms with Crippen molar-refractivity contribution in [2.45, 2.75) is 17.1 Å². The fourth-order valence-corrected chi connectivity index (χ4v) is 2.84. The van der Waals surface area contributed by atoms with Crippen molar-refractivity contribution in [2.24, 2.45) is 5.84 Å². The van der Waals surface area contributed by atoms with E-state index in [1.54, 1.807) is 11.8 Å². The van der Waals surface area contributed by atoms with Crippen LogP contribution in [-0.4, -0.2) is 5.75 Å². The van der Waals surface area contributed by atoms with Crippen LogP contribution in [0.5, 0.6) is 0 Å². The van der Waals surface area contributed by atoms with Crippen molar-refractivity contribution in [3.8, 4) is 0 Å². The molecule has 2 rings (SSSR count). The molecule has 0 saturated carbocycles. The van der Waals surface area contributed by atoms with E-state index in [-0.39, 0.29) is 6.04 Å². The van der Waals surface area contributed by atoms with E-state index in [4.69, 9.17) is 5.84 Å². The third kappa shape index (κ3) is 4.49. The lowest BCUT2D eigenvalue weighted by Crippen LogP contribution is -2.29. The molecule has 2 aromatic rings. The van der Waals surface area contributed by atoms with Gasteiger partial charge in [-0.1, -0.05) is 30.3 Å². The molecule has 0 aliphatic heterocycles. The first-order valence-corrected chi connectivity index (χ1v) is 7.30. The van der Waals surface area contributed by atoms with Crippen LogP contribution in [-0.2, 0) is 6.18 Å². The van der Waals surface area contributed by atoms with Gasteiger partial charge in [-0.3, -0.25) is 11.3 Å². The molecule has 2 nitrogen and oxygen atoms in total. The summed E-state index contributed by atoms with van der Waals surface area (Å²) in [6.07, 6.45) is -4.32. The Morgan fingerprint density at radius 1 is 1.00 bits per heavy atom. The first-order chi connectivity index (χ1) is 10.0. The number of rotatable bonds is 5. The SMILES string of the molecule is NNC(CSc1ccccc1)c1ccc(C(F)(F)F)cc1. The highest BCUT2D eigenvalue weighted by atomic mass is 32.2. The molecule has 112 valence electrons. The fraction of sp³-hybridized carbons (Fsp3) is 0.200. The third-order valence-electron chi connectivity index (χ3n) is 3.00. The molecule has 0 aliphatic carbocycles.